The van der Waals surface area contributed by atoms with Gasteiger partial charge in [0.05, 0.1) is 29.4 Å². The molecular weight excluding hydrogens is 692 g/mol. The fraction of sp³-hybridized carbons (Fsp3) is 0.429. The van der Waals surface area contributed by atoms with Crippen molar-refractivity contribution in [2.24, 2.45) is 5.14 Å². The Morgan fingerprint density at radius 3 is 1.79 bits per heavy atom. The lowest BCUT2D eigenvalue weighted by Crippen LogP contribution is -2.46. The molecule has 0 fully saturated rings. The molecule has 0 unspecified atom stereocenters. The van der Waals surface area contributed by atoms with Gasteiger partial charge in [0, 0.05) is 50.8 Å². The first kappa shape index (κ1) is 41.5. The van der Waals surface area contributed by atoms with E-state index in [1.165, 1.54) is 29.2 Å². The van der Waals surface area contributed by atoms with Crippen LogP contribution in [0.1, 0.15) is 49.9 Å². The Hall–Kier alpha value is -4.97. The van der Waals surface area contributed by atoms with E-state index in [0.29, 0.717) is 6.54 Å². The van der Waals surface area contributed by atoms with Gasteiger partial charge in [-0.1, -0.05) is 37.8 Å². The van der Waals surface area contributed by atoms with E-state index >= 15 is 0 Å². The number of nitrogens with two attached hydrogens (primary N) is 1. The molecule has 6 N–H and O–H groups in total. The van der Waals surface area contributed by atoms with Crippen molar-refractivity contribution in [1.82, 2.24) is 30.0 Å². The predicted octanol–water partition coefficient (Wildman–Crippen LogP) is 2.59. The highest BCUT2D eigenvalue weighted by Crippen LogP contribution is 2.14. The summed E-state index contributed by atoms with van der Waals surface area (Å²) in [6.45, 7) is 1.12. The topological polar surface area (TPSA) is 228 Å². The summed E-state index contributed by atoms with van der Waals surface area (Å²) >= 11 is 0. The van der Waals surface area contributed by atoms with E-state index in [1.807, 2.05) is 36.4 Å². The van der Waals surface area contributed by atoms with E-state index in [9.17, 15) is 37.8 Å². The average molecular weight is 741 g/mol. The van der Waals surface area contributed by atoms with Crippen LogP contribution in [0, 0.1) is 0 Å². The molecule has 282 valence electrons. The summed E-state index contributed by atoms with van der Waals surface area (Å²) in [7, 11) is -3.94. The Morgan fingerprint density at radius 2 is 1.25 bits per heavy atom. The first-order valence-electron chi connectivity index (χ1n) is 17.0. The van der Waals surface area contributed by atoms with Crippen LogP contribution in [-0.4, -0.2) is 113 Å². The number of sulfonamides is 1. The first-order chi connectivity index (χ1) is 24.9. The van der Waals surface area contributed by atoms with Crippen molar-refractivity contribution in [3.8, 4) is 0 Å². The second-order valence-corrected chi connectivity index (χ2v) is 13.8. The van der Waals surface area contributed by atoms with Gasteiger partial charge in [0.25, 0.3) is 0 Å². The normalized spacial score (nSPS) is 11.4. The number of carboxylic acids is 2. The summed E-state index contributed by atoms with van der Waals surface area (Å²) in [6, 6.07) is 16.0. The monoisotopic (exact) mass is 740 g/mol. The van der Waals surface area contributed by atoms with Gasteiger partial charge in [0.2, 0.25) is 15.9 Å². The summed E-state index contributed by atoms with van der Waals surface area (Å²) < 4.78 is 22.9. The van der Waals surface area contributed by atoms with Crippen molar-refractivity contribution in [1.29, 1.82) is 0 Å². The maximum atomic E-state index is 12.8. The van der Waals surface area contributed by atoms with E-state index < -0.39 is 41.1 Å². The van der Waals surface area contributed by atoms with Crippen LogP contribution in [0.4, 0.5) is 10.5 Å². The van der Waals surface area contributed by atoms with Gasteiger partial charge >= 0.3 is 18.0 Å². The molecule has 3 rings (SSSR count). The summed E-state index contributed by atoms with van der Waals surface area (Å²) in [5.41, 5.74) is 2.22. The number of nitrogens with one attached hydrogen (secondary N) is 2. The number of amides is 3. The average Bonchev–Trinajstić information content (AvgIpc) is 3.09. The van der Waals surface area contributed by atoms with Crippen LogP contribution in [-0.2, 0) is 37.5 Å². The Bertz CT molecular complexity index is 1620. The fourth-order valence-electron chi connectivity index (χ4n) is 5.32. The molecule has 52 heavy (non-hydrogen) atoms. The van der Waals surface area contributed by atoms with Gasteiger partial charge in [0.1, 0.15) is 6.54 Å². The number of hydrogen-bond donors (Lipinski definition) is 5. The SMILES string of the molecule is NS(=O)(=O)c1ccc(NC(=O)N(CCN(CC(=O)O)CC(=O)NCCCCCCCCN(Cc2ccccn2)Cc2ccccn2)CC(=O)O)cc1. The molecule has 0 atom stereocenters. The number of anilines is 1. The number of pyridine rings is 2. The molecule has 0 aliphatic rings. The molecule has 2 aromatic heterocycles. The van der Waals surface area contributed by atoms with Gasteiger partial charge in [0.15, 0.2) is 0 Å². The van der Waals surface area contributed by atoms with Gasteiger partial charge in [-0.15, -0.1) is 0 Å². The Morgan fingerprint density at radius 1 is 0.673 bits per heavy atom. The van der Waals surface area contributed by atoms with Gasteiger partial charge in [-0.05, 0) is 67.9 Å². The molecule has 0 spiro atoms. The van der Waals surface area contributed by atoms with E-state index in [2.05, 4.69) is 25.5 Å². The molecule has 0 saturated heterocycles. The second kappa shape index (κ2) is 22.1. The number of aromatic nitrogens is 2. The summed E-state index contributed by atoms with van der Waals surface area (Å²) in [5.74, 6) is -2.87. The number of carbonyl (C=O) groups excluding carboxylic acids is 2. The van der Waals surface area contributed by atoms with Crippen molar-refractivity contribution in [3.05, 3.63) is 84.4 Å². The molecule has 2 heterocycles. The summed E-state index contributed by atoms with van der Waals surface area (Å²) in [6.07, 6.45) is 9.47. The summed E-state index contributed by atoms with van der Waals surface area (Å²) in [5, 5.41) is 29.1. The highest BCUT2D eigenvalue weighted by atomic mass is 32.2. The van der Waals surface area contributed by atoms with Crippen molar-refractivity contribution in [2.75, 3.05) is 51.1 Å². The van der Waals surface area contributed by atoms with E-state index in [1.54, 1.807) is 12.4 Å². The highest BCUT2D eigenvalue weighted by Gasteiger charge is 2.21. The molecule has 0 aliphatic heterocycles. The number of urea groups is 1. The Labute approximate surface area is 304 Å². The molecule has 0 aliphatic carbocycles. The van der Waals surface area contributed by atoms with Gasteiger partial charge in [-0.2, -0.15) is 0 Å². The van der Waals surface area contributed by atoms with Crippen molar-refractivity contribution < 1.29 is 37.8 Å². The van der Waals surface area contributed by atoms with Crippen LogP contribution >= 0.6 is 0 Å². The third-order valence-electron chi connectivity index (χ3n) is 7.91. The summed E-state index contributed by atoms with van der Waals surface area (Å²) in [4.78, 5) is 61.7. The van der Waals surface area contributed by atoms with Gasteiger partial charge in [-0.25, -0.2) is 18.4 Å². The number of carbonyl (C=O) groups is 4. The molecule has 0 radical (unpaired) electrons. The maximum Gasteiger partial charge on any atom is 0.323 e. The number of carboxylic acid groups (broad SMARTS) is 2. The third-order valence-corrected chi connectivity index (χ3v) is 8.84. The maximum absolute atomic E-state index is 12.8. The largest absolute Gasteiger partial charge is 0.480 e. The molecule has 16 nitrogen and oxygen atoms in total. The smallest absolute Gasteiger partial charge is 0.323 e. The minimum absolute atomic E-state index is 0.0913. The zero-order valence-electron chi connectivity index (χ0n) is 29.1. The number of rotatable bonds is 24. The lowest BCUT2D eigenvalue weighted by molar-refractivity contribution is -0.140. The minimum atomic E-state index is -3.94. The number of primary sulfonamides is 1. The molecule has 3 amide bonds. The van der Waals surface area contributed by atoms with Crippen molar-refractivity contribution >= 4 is 39.6 Å². The minimum Gasteiger partial charge on any atom is -0.480 e. The number of aliphatic carboxylic acids is 2. The first-order valence-corrected chi connectivity index (χ1v) is 18.6. The number of nitrogens with zero attached hydrogens (tertiary/aromatic N) is 5. The fourth-order valence-corrected chi connectivity index (χ4v) is 5.84. The van der Waals surface area contributed by atoms with E-state index in [4.69, 9.17) is 5.14 Å². The van der Waals surface area contributed by atoms with Crippen LogP contribution in [0.5, 0.6) is 0 Å². The zero-order chi connectivity index (χ0) is 37.8. The molecule has 1 aromatic carbocycles. The standard InChI is InChI=1S/C35H48N8O8S/c36-52(50,51)31-15-13-28(14-16-31)40-35(49)43(27-34(47)48)22-21-42(26-33(45)46)25-32(44)39-19-7-3-1-2-4-10-20-41(23-29-11-5-8-17-37-29)24-30-12-6-9-18-38-30/h5-6,8-9,11-18H,1-4,7,10,19-27H2,(H,39,44)(H,40,49)(H,45,46)(H,47,48)(H2,36,50,51). The van der Waals surface area contributed by atoms with Crippen LogP contribution in [0.3, 0.4) is 0 Å². The molecule has 17 heteroatoms. The van der Waals surface area contributed by atoms with Crippen molar-refractivity contribution in [2.45, 2.75) is 56.5 Å². The second-order valence-electron chi connectivity index (χ2n) is 12.2. The molecular formula is C35H48N8O8S. The Kier molecular flexibility index (Phi) is 17.6. The van der Waals surface area contributed by atoms with Crippen LogP contribution in [0.15, 0.2) is 78.0 Å². The zero-order valence-corrected chi connectivity index (χ0v) is 29.9. The lowest BCUT2D eigenvalue weighted by atomic mass is 10.1. The number of benzene rings is 1. The van der Waals surface area contributed by atoms with Crippen LogP contribution in [0.25, 0.3) is 0 Å². The van der Waals surface area contributed by atoms with E-state index in [-0.39, 0.29) is 36.1 Å². The molecule has 3 aromatic rings. The van der Waals surface area contributed by atoms with E-state index in [0.717, 1.165) is 74.4 Å². The Balaban J connectivity index is 1.36. The van der Waals surface area contributed by atoms with Gasteiger partial charge < -0.3 is 25.7 Å². The molecule has 0 bridgehead atoms. The highest BCUT2D eigenvalue weighted by molar-refractivity contribution is 7.89. The predicted molar refractivity (Wildman–Crippen MR) is 193 cm³/mol. The number of unbranched alkanes of at least 4 members (excludes halogenated alkanes) is 5. The quantitative estimate of drug-likeness (QED) is 0.0835. The molecule has 0 saturated carbocycles. The van der Waals surface area contributed by atoms with Crippen molar-refractivity contribution in [3.63, 3.8) is 0 Å². The number of hydrogen-bond acceptors (Lipinski definition) is 10. The lowest BCUT2D eigenvalue weighted by Gasteiger charge is -2.26. The van der Waals surface area contributed by atoms with Gasteiger partial charge in [-0.3, -0.25) is 34.2 Å². The van der Waals surface area contributed by atoms with Crippen LogP contribution in [0.2, 0.25) is 0 Å². The van der Waals surface area contributed by atoms with Crippen LogP contribution < -0.4 is 15.8 Å². The third kappa shape index (κ3) is 16.8.